The molecule has 8 unspecified atom stereocenters. The third kappa shape index (κ3) is 3.47. The first kappa shape index (κ1) is 20.0. The van der Waals surface area contributed by atoms with Gasteiger partial charge in [0, 0.05) is 12.4 Å². The van der Waals surface area contributed by atoms with E-state index in [0.717, 1.165) is 59.5 Å². The van der Waals surface area contributed by atoms with Gasteiger partial charge in [0.25, 0.3) is 0 Å². The Kier molecular flexibility index (Phi) is 5.28. The van der Waals surface area contributed by atoms with Crippen LogP contribution in [0.25, 0.3) is 0 Å². The molecule has 4 fully saturated rings. The normalized spacial score (nSPS) is 45.2. The zero-order valence-corrected chi connectivity index (χ0v) is 19.2. The highest BCUT2D eigenvalue weighted by Crippen LogP contribution is 2.65. The van der Waals surface area contributed by atoms with E-state index >= 15 is 0 Å². The second-order valence-electron chi connectivity index (χ2n) is 11.9. The van der Waals surface area contributed by atoms with Crippen molar-refractivity contribution < 1.29 is 0 Å². The first-order chi connectivity index (χ1) is 14.0. The van der Waals surface area contributed by atoms with Gasteiger partial charge in [-0.1, -0.05) is 27.2 Å². The second kappa shape index (κ2) is 7.65. The Morgan fingerprint density at radius 2 is 1.83 bits per heavy atom. The Morgan fingerprint density at radius 1 is 1.00 bits per heavy atom. The summed E-state index contributed by atoms with van der Waals surface area (Å²) in [6, 6.07) is 0. The Labute approximate surface area is 178 Å². The number of hydrogen-bond acceptors (Lipinski definition) is 2. The van der Waals surface area contributed by atoms with Crippen LogP contribution in [-0.4, -0.2) is 9.97 Å². The molecule has 160 valence electrons. The largest absolute Gasteiger partial charge is 0.261 e. The molecule has 0 aromatic carbocycles. The molecule has 0 radical (unpaired) electrons. The summed E-state index contributed by atoms with van der Waals surface area (Å²) in [5, 5.41) is 0. The van der Waals surface area contributed by atoms with E-state index < -0.39 is 0 Å². The Hall–Kier alpha value is -0.920. The molecule has 0 spiro atoms. The van der Waals surface area contributed by atoms with Gasteiger partial charge in [-0.3, -0.25) is 9.97 Å². The number of aryl methyl sites for hydroxylation is 1. The molecule has 1 aromatic heterocycles. The maximum atomic E-state index is 4.77. The molecular weight excluding hydrogens is 352 g/mol. The van der Waals surface area contributed by atoms with E-state index in [4.69, 9.17) is 4.98 Å². The monoisotopic (exact) mass is 394 g/mol. The van der Waals surface area contributed by atoms with Crippen LogP contribution >= 0.6 is 0 Å². The molecule has 4 saturated carbocycles. The maximum absolute atomic E-state index is 4.77. The number of hydrogen-bond donors (Lipinski definition) is 0. The highest BCUT2D eigenvalue weighted by molar-refractivity contribution is 5.09. The topological polar surface area (TPSA) is 25.8 Å². The standard InChI is InChI=1S/C27H42N2/c1-17-5-7-22-20(13-17)6-8-24-23(22)11-12-27(4)25(9-10-26(24)27)18(2)14-21-16-28-15-19(3)29-21/h15-18,20,22-26H,5-14H2,1-4H3/t17?,18-,20?,22?,23?,24?,25?,26?,27?/m1/s1. The van der Waals surface area contributed by atoms with Gasteiger partial charge < -0.3 is 0 Å². The van der Waals surface area contributed by atoms with E-state index in [2.05, 4.69) is 32.7 Å². The molecule has 0 aliphatic heterocycles. The van der Waals surface area contributed by atoms with Crippen molar-refractivity contribution in [2.75, 3.05) is 0 Å². The Morgan fingerprint density at radius 3 is 2.66 bits per heavy atom. The molecule has 1 heterocycles. The molecule has 9 atom stereocenters. The number of nitrogens with zero attached hydrogens (tertiary/aromatic N) is 2. The summed E-state index contributed by atoms with van der Waals surface area (Å²) in [6.07, 6.45) is 18.6. The van der Waals surface area contributed by atoms with Gasteiger partial charge in [0.1, 0.15) is 0 Å². The lowest BCUT2D eigenvalue weighted by atomic mass is 9.48. The van der Waals surface area contributed by atoms with Gasteiger partial charge in [-0.05, 0) is 117 Å². The van der Waals surface area contributed by atoms with Crippen LogP contribution in [0.2, 0.25) is 0 Å². The molecule has 5 rings (SSSR count). The van der Waals surface area contributed by atoms with E-state index in [1.165, 1.54) is 44.2 Å². The Bertz CT molecular complexity index is 729. The van der Waals surface area contributed by atoms with E-state index in [-0.39, 0.29) is 0 Å². The smallest absolute Gasteiger partial charge is 0.0592 e. The number of aromatic nitrogens is 2. The maximum Gasteiger partial charge on any atom is 0.0592 e. The minimum atomic E-state index is 0.576. The molecule has 29 heavy (non-hydrogen) atoms. The predicted molar refractivity (Wildman–Crippen MR) is 119 cm³/mol. The molecule has 0 amide bonds. The molecule has 1 aromatic rings. The van der Waals surface area contributed by atoms with Crippen molar-refractivity contribution in [2.24, 2.45) is 52.8 Å². The lowest BCUT2D eigenvalue weighted by molar-refractivity contribution is -0.0728. The molecule has 2 heteroatoms. The van der Waals surface area contributed by atoms with E-state index in [9.17, 15) is 0 Å². The van der Waals surface area contributed by atoms with Crippen molar-refractivity contribution in [1.29, 1.82) is 0 Å². The van der Waals surface area contributed by atoms with Crippen molar-refractivity contribution in [3.05, 3.63) is 23.8 Å². The average molecular weight is 395 g/mol. The summed E-state index contributed by atoms with van der Waals surface area (Å²) in [5.74, 6) is 7.84. The highest BCUT2D eigenvalue weighted by atomic mass is 14.8. The summed E-state index contributed by atoms with van der Waals surface area (Å²) in [7, 11) is 0. The van der Waals surface area contributed by atoms with Crippen molar-refractivity contribution in [2.45, 2.75) is 91.9 Å². The first-order valence-corrected chi connectivity index (χ1v) is 12.7. The van der Waals surface area contributed by atoms with Crippen molar-refractivity contribution in [3.8, 4) is 0 Å². The molecule has 0 bridgehead atoms. The molecule has 4 aliphatic carbocycles. The van der Waals surface area contributed by atoms with Crippen molar-refractivity contribution >= 4 is 0 Å². The summed E-state index contributed by atoms with van der Waals surface area (Å²) in [4.78, 5) is 9.16. The zero-order valence-electron chi connectivity index (χ0n) is 19.2. The summed E-state index contributed by atoms with van der Waals surface area (Å²) >= 11 is 0. The summed E-state index contributed by atoms with van der Waals surface area (Å²) in [5.41, 5.74) is 2.84. The quantitative estimate of drug-likeness (QED) is 0.559. The molecule has 0 N–H and O–H groups in total. The molecule has 0 saturated heterocycles. The molecule has 4 aliphatic rings. The third-order valence-electron chi connectivity index (χ3n) is 10.3. The van der Waals surface area contributed by atoms with Crippen LogP contribution in [0.4, 0.5) is 0 Å². The summed E-state index contributed by atoms with van der Waals surface area (Å²) < 4.78 is 0. The summed E-state index contributed by atoms with van der Waals surface area (Å²) in [6.45, 7) is 9.77. The van der Waals surface area contributed by atoms with Crippen LogP contribution in [0.1, 0.15) is 89.9 Å². The van der Waals surface area contributed by atoms with E-state index in [0.29, 0.717) is 5.41 Å². The number of fused-ring (bicyclic) bond motifs is 5. The lowest BCUT2D eigenvalue weighted by Crippen LogP contribution is -2.49. The molecular formula is C27H42N2. The predicted octanol–water partition coefficient (Wildman–Crippen LogP) is 6.87. The van der Waals surface area contributed by atoms with E-state index in [1.807, 2.05) is 12.4 Å². The van der Waals surface area contributed by atoms with Crippen LogP contribution in [-0.2, 0) is 6.42 Å². The minimum absolute atomic E-state index is 0.576. The zero-order chi connectivity index (χ0) is 20.2. The molecule has 2 nitrogen and oxygen atoms in total. The van der Waals surface area contributed by atoms with Gasteiger partial charge in [-0.15, -0.1) is 0 Å². The Balaban J connectivity index is 1.31. The van der Waals surface area contributed by atoms with Crippen LogP contribution in [0.15, 0.2) is 12.4 Å². The fourth-order valence-electron chi connectivity index (χ4n) is 9.15. The third-order valence-corrected chi connectivity index (χ3v) is 10.3. The first-order valence-electron chi connectivity index (χ1n) is 12.7. The van der Waals surface area contributed by atoms with Crippen LogP contribution < -0.4 is 0 Å². The minimum Gasteiger partial charge on any atom is -0.261 e. The lowest BCUT2D eigenvalue weighted by Gasteiger charge is -2.56. The number of rotatable bonds is 3. The SMILES string of the molecule is Cc1cncc(C[C@@H](C)C2CCC3C4CCC5CC(C)CCC5C4CCC32C)n1. The van der Waals surface area contributed by atoms with E-state index in [1.54, 1.807) is 19.3 Å². The van der Waals surface area contributed by atoms with Gasteiger partial charge >= 0.3 is 0 Å². The van der Waals surface area contributed by atoms with Crippen LogP contribution in [0.3, 0.4) is 0 Å². The van der Waals surface area contributed by atoms with Crippen LogP contribution in [0, 0.1) is 59.7 Å². The average Bonchev–Trinajstić information content (AvgIpc) is 3.05. The van der Waals surface area contributed by atoms with Gasteiger partial charge in [-0.2, -0.15) is 0 Å². The fourth-order valence-corrected chi connectivity index (χ4v) is 9.15. The van der Waals surface area contributed by atoms with Gasteiger partial charge in [0.2, 0.25) is 0 Å². The van der Waals surface area contributed by atoms with Crippen molar-refractivity contribution in [1.82, 2.24) is 9.97 Å². The highest BCUT2D eigenvalue weighted by Gasteiger charge is 2.57. The van der Waals surface area contributed by atoms with Crippen molar-refractivity contribution in [3.63, 3.8) is 0 Å². The van der Waals surface area contributed by atoms with Crippen LogP contribution in [0.5, 0.6) is 0 Å². The fraction of sp³-hybridized carbons (Fsp3) is 0.852. The van der Waals surface area contributed by atoms with Gasteiger partial charge in [0.15, 0.2) is 0 Å². The van der Waals surface area contributed by atoms with Gasteiger partial charge in [-0.25, -0.2) is 0 Å². The second-order valence-corrected chi connectivity index (χ2v) is 11.9. The van der Waals surface area contributed by atoms with Gasteiger partial charge in [0.05, 0.1) is 11.4 Å².